The van der Waals surface area contributed by atoms with Crippen LogP contribution in [-0.2, 0) is 6.54 Å². The summed E-state index contributed by atoms with van der Waals surface area (Å²) < 4.78 is 5.15. The molecule has 0 heterocycles. The van der Waals surface area contributed by atoms with Gasteiger partial charge in [0.05, 0.1) is 7.11 Å². The third-order valence-corrected chi connectivity index (χ3v) is 4.03. The van der Waals surface area contributed by atoms with Crippen LogP contribution in [0.15, 0.2) is 78.9 Å². The highest BCUT2D eigenvalue weighted by Crippen LogP contribution is 2.17. The summed E-state index contributed by atoms with van der Waals surface area (Å²) in [5.74, 6) is 0.343. The minimum absolute atomic E-state index is 0.129. The van der Waals surface area contributed by atoms with Crippen molar-refractivity contribution < 1.29 is 14.3 Å². The first-order valence-electron chi connectivity index (χ1n) is 8.53. The normalized spacial score (nSPS) is 10.1. The molecule has 0 aliphatic rings. The lowest BCUT2D eigenvalue weighted by atomic mass is 10.1. The highest BCUT2D eigenvalue weighted by atomic mass is 16.5. The number of amides is 2. The van der Waals surface area contributed by atoms with Crippen LogP contribution in [0.5, 0.6) is 5.75 Å². The second-order valence-electron chi connectivity index (χ2n) is 5.93. The number of benzene rings is 3. The third kappa shape index (κ3) is 4.95. The van der Waals surface area contributed by atoms with E-state index in [1.54, 1.807) is 43.5 Å². The summed E-state index contributed by atoms with van der Waals surface area (Å²) in [7, 11) is 1.58. The Morgan fingerprint density at radius 3 is 2.22 bits per heavy atom. The van der Waals surface area contributed by atoms with Gasteiger partial charge in [0.1, 0.15) is 5.75 Å². The van der Waals surface area contributed by atoms with Crippen molar-refractivity contribution in [3.63, 3.8) is 0 Å². The second-order valence-corrected chi connectivity index (χ2v) is 5.93. The number of carbonyl (C=O) groups excluding carboxylic acids is 2. The SMILES string of the molecule is COc1cccc(NC(=O)c2ccc(CNC(=O)c3ccccc3)cc2)c1. The Labute approximate surface area is 158 Å². The second kappa shape index (κ2) is 8.67. The minimum atomic E-state index is -0.205. The van der Waals surface area contributed by atoms with Crippen LogP contribution < -0.4 is 15.4 Å². The quantitative estimate of drug-likeness (QED) is 0.701. The molecule has 0 saturated heterocycles. The molecule has 0 aliphatic heterocycles. The first kappa shape index (κ1) is 18.2. The van der Waals surface area contributed by atoms with Gasteiger partial charge in [0.2, 0.25) is 0 Å². The topological polar surface area (TPSA) is 67.4 Å². The monoisotopic (exact) mass is 360 g/mol. The Hall–Kier alpha value is -3.60. The first-order valence-corrected chi connectivity index (χ1v) is 8.53. The van der Waals surface area contributed by atoms with Crippen LogP contribution in [0.2, 0.25) is 0 Å². The molecule has 5 nitrogen and oxygen atoms in total. The molecule has 0 atom stereocenters. The van der Waals surface area contributed by atoms with Gasteiger partial charge in [0, 0.05) is 29.4 Å². The molecule has 0 aliphatic carbocycles. The van der Waals surface area contributed by atoms with Gasteiger partial charge in [0.25, 0.3) is 11.8 Å². The van der Waals surface area contributed by atoms with Gasteiger partial charge in [-0.15, -0.1) is 0 Å². The van der Waals surface area contributed by atoms with E-state index < -0.39 is 0 Å². The summed E-state index contributed by atoms with van der Waals surface area (Å²) in [5, 5.41) is 5.70. The third-order valence-electron chi connectivity index (χ3n) is 4.03. The lowest BCUT2D eigenvalue weighted by molar-refractivity contribution is 0.0949. The fraction of sp³-hybridized carbons (Fsp3) is 0.0909. The summed E-state index contributed by atoms with van der Waals surface area (Å²) in [4.78, 5) is 24.4. The molecule has 0 unspecified atom stereocenters. The van der Waals surface area contributed by atoms with E-state index >= 15 is 0 Å². The van der Waals surface area contributed by atoms with Gasteiger partial charge in [-0.25, -0.2) is 0 Å². The summed E-state index contributed by atoms with van der Waals surface area (Å²) >= 11 is 0. The van der Waals surface area contributed by atoms with Gasteiger partial charge in [-0.1, -0.05) is 36.4 Å². The Balaban J connectivity index is 1.58. The average Bonchev–Trinajstić information content (AvgIpc) is 2.73. The molecule has 136 valence electrons. The van der Waals surface area contributed by atoms with Crippen molar-refractivity contribution in [2.75, 3.05) is 12.4 Å². The predicted molar refractivity (Wildman–Crippen MR) is 105 cm³/mol. The number of hydrogen-bond acceptors (Lipinski definition) is 3. The lowest BCUT2D eigenvalue weighted by Crippen LogP contribution is -2.22. The van der Waals surface area contributed by atoms with E-state index in [0.717, 1.165) is 5.56 Å². The number of hydrogen-bond donors (Lipinski definition) is 2. The molecule has 0 saturated carbocycles. The number of nitrogens with one attached hydrogen (secondary N) is 2. The molecule has 0 radical (unpaired) electrons. The maximum atomic E-state index is 12.4. The molecule has 3 aromatic rings. The minimum Gasteiger partial charge on any atom is -0.497 e. The van der Waals surface area contributed by atoms with Crippen LogP contribution in [0.3, 0.4) is 0 Å². The Kier molecular flexibility index (Phi) is 5.84. The highest BCUT2D eigenvalue weighted by Gasteiger charge is 2.08. The van der Waals surface area contributed by atoms with Gasteiger partial charge in [-0.05, 0) is 42.0 Å². The number of carbonyl (C=O) groups is 2. The number of anilines is 1. The van der Waals surface area contributed by atoms with Crippen LogP contribution in [-0.4, -0.2) is 18.9 Å². The highest BCUT2D eigenvalue weighted by molar-refractivity contribution is 6.04. The lowest BCUT2D eigenvalue weighted by Gasteiger charge is -2.08. The largest absolute Gasteiger partial charge is 0.497 e. The van der Waals surface area contributed by atoms with E-state index in [9.17, 15) is 9.59 Å². The molecule has 0 spiro atoms. The molecule has 2 N–H and O–H groups in total. The van der Waals surface area contributed by atoms with E-state index in [-0.39, 0.29) is 11.8 Å². The van der Waals surface area contributed by atoms with E-state index in [4.69, 9.17) is 4.74 Å². The van der Waals surface area contributed by atoms with Gasteiger partial charge < -0.3 is 15.4 Å². The molecule has 27 heavy (non-hydrogen) atoms. The zero-order valence-electron chi connectivity index (χ0n) is 14.9. The Bertz CT molecular complexity index is 922. The van der Waals surface area contributed by atoms with E-state index in [0.29, 0.717) is 29.1 Å². The van der Waals surface area contributed by atoms with E-state index in [1.165, 1.54) is 0 Å². The molecule has 5 heteroatoms. The molecule has 0 bridgehead atoms. The summed E-state index contributed by atoms with van der Waals surface area (Å²) in [6.07, 6.45) is 0. The number of ether oxygens (including phenoxy) is 1. The Morgan fingerprint density at radius 1 is 0.815 bits per heavy atom. The van der Waals surface area contributed by atoms with Crippen LogP contribution in [0.25, 0.3) is 0 Å². The zero-order valence-corrected chi connectivity index (χ0v) is 14.9. The first-order chi connectivity index (χ1) is 13.2. The van der Waals surface area contributed by atoms with E-state index in [1.807, 2.05) is 42.5 Å². The number of methoxy groups -OCH3 is 1. The van der Waals surface area contributed by atoms with Gasteiger partial charge in [-0.2, -0.15) is 0 Å². The van der Waals surface area contributed by atoms with Crippen LogP contribution in [0, 0.1) is 0 Å². The van der Waals surface area contributed by atoms with Crippen LogP contribution >= 0.6 is 0 Å². The van der Waals surface area contributed by atoms with E-state index in [2.05, 4.69) is 10.6 Å². The average molecular weight is 360 g/mol. The predicted octanol–water partition coefficient (Wildman–Crippen LogP) is 3.88. The van der Waals surface area contributed by atoms with Crippen molar-refractivity contribution in [2.45, 2.75) is 6.54 Å². The summed E-state index contributed by atoms with van der Waals surface area (Å²) in [5.41, 5.74) is 2.73. The van der Waals surface area contributed by atoms with Gasteiger partial charge >= 0.3 is 0 Å². The van der Waals surface area contributed by atoms with Gasteiger partial charge in [-0.3, -0.25) is 9.59 Å². The standard InChI is InChI=1S/C22H20N2O3/c1-27-20-9-5-8-19(14-20)24-22(26)18-12-10-16(11-13-18)15-23-21(25)17-6-3-2-4-7-17/h2-14H,15H2,1H3,(H,23,25)(H,24,26). The van der Waals surface area contributed by atoms with Crippen molar-refractivity contribution in [3.8, 4) is 5.75 Å². The maximum Gasteiger partial charge on any atom is 0.255 e. The van der Waals surface area contributed by atoms with Gasteiger partial charge in [0.15, 0.2) is 0 Å². The van der Waals surface area contributed by atoms with Crippen molar-refractivity contribution in [3.05, 3.63) is 95.6 Å². The van der Waals surface area contributed by atoms with Crippen molar-refractivity contribution in [1.82, 2.24) is 5.32 Å². The summed E-state index contributed by atoms with van der Waals surface area (Å²) in [6, 6.07) is 23.3. The van der Waals surface area contributed by atoms with Crippen molar-refractivity contribution in [2.24, 2.45) is 0 Å². The Morgan fingerprint density at radius 2 is 1.52 bits per heavy atom. The maximum absolute atomic E-state index is 12.4. The molecular formula is C22H20N2O3. The summed E-state index contributed by atoms with van der Waals surface area (Å²) in [6.45, 7) is 0.394. The van der Waals surface area contributed by atoms with Crippen molar-refractivity contribution >= 4 is 17.5 Å². The molecule has 2 amide bonds. The molecule has 3 rings (SSSR count). The smallest absolute Gasteiger partial charge is 0.255 e. The fourth-order valence-electron chi connectivity index (χ4n) is 2.55. The molecular weight excluding hydrogens is 340 g/mol. The van der Waals surface area contributed by atoms with Crippen LogP contribution in [0.1, 0.15) is 26.3 Å². The van der Waals surface area contributed by atoms with Crippen LogP contribution in [0.4, 0.5) is 5.69 Å². The molecule has 3 aromatic carbocycles. The zero-order chi connectivity index (χ0) is 19.1. The fourth-order valence-corrected chi connectivity index (χ4v) is 2.55. The molecule has 0 fully saturated rings. The van der Waals surface area contributed by atoms with Crippen molar-refractivity contribution in [1.29, 1.82) is 0 Å². The number of rotatable bonds is 6. The molecule has 0 aromatic heterocycles.